The minimum Gasteiger partial charge on any atom is -0.480 e. The molecule has 3 unspecified atom stereocenters. The fraction of sp³-hybridized carbons (Fsp3) is 0.769. The van der Waals surface area contributed by atoms with Crippen LogP contribution in [0.15, 0.2) is 0 Å². The van der Waals surface area contributed by atoms with Crippen LogP contribution in [0.5, 0.6) is 0 Å². The van der Waals surface area contributed by atoms with Crippen LogP contribution in [-0.2, 0) is 9.59 Å². The number of nitrogens with two attached hydrogens (primary N) is 1. The third-order valence-electron chi connectivity index (χ3n) is 4.36. The quantitative estimate of drug-likeness (QED) is 0.637. The molecule has 4 N–H and O–H groups in total. The maximum atomic E-state index is 11.9. The molecule has 0 heterocycles. The van der Waals surface area contributed by atoms with Crippen LogP contribution >= 0.6 is 0 Å². The predicted molar refractivity (Wildman–Crippen MR) is 70.7 cm³/mol. The first-order chi connectivity index (χ1) is 9.45. The number of carboxylic acid groups (broad SMARTS) is 1. The lowest BCUT2D eigenvalue weighted by atomic mass is 9.89. The highest BCUT2D eigenvalue weighted by Gasteiger charge is 2.39. The highest BCUT2D eigenvalue weighted by atomic mass is 16.4. The van der Waals surface area contributed by atoms with Crippen molar-refractivity contribution in [3.05, 3.63) is 0 Å². The van der Waals surface area contributed by atoms with Crippen molar-refractivity contribution in [3.8, 4) is 0 Å². The number of nitrogens with zero attached hydrogens (tertiary/aromatic N) is 1. The lowest BCUT2D eigenvalue weighted by Gasteiger charge is -2.24. The number of primary amides is 1. The van der Waals surface area contributed by atoms with Gasteiger partial charge in [-0.3, -0.25) is 9.59 Å². The fourth-order valence-corrected chi connectivity index (χ4v) is 3.51. The van der Waals surface area contributed by atoms with E-state index in [9.17, 15) is 14.4 Å². The van der Waals surface area contributed by atoms with Crippen molar-refractivity contribution >= 4 is 17.9 Å². The van der Waals surface area contributed by atoms with Gasteiger partial charge in [-0.15, -0.1) is 0 Å². The van der Waals surface area contributed by atoms with Gasteiger partial charge in [0.1, 0.15) is 13.1 Å². The molecule has 2 fully saturated rings. The molecule has 3 atom stereocenters. The average Bonchev–Trinajstić information content (AvgIpc) is 2.96. The number of nitrogens with one attached hydrogen (secondary N) is 1. The van der Waals surface area contributed by atoms with E-state index in [0.717, 1.165) is 17.2 Å². The number of amides is 3. The smallest absolute Gasteiger partial charge is 0.323 e. The van der Waals surface area contributed by atoms with Gasteiger partial charge in [0.05, 0.1) is 0 Å². The number of rotatable bonds is 6. The van der Waals surface area contributed by atoms with E-state index in [0.29, 0.717) is 18.4 Å². The number of carboxylic acids is 1. The normalized spacial score (nSPS) is 27.3. The SMILES string of the molecule is NC(=O)CN(CC(=O)O)C(=O)NCC1CC2CCC1C2. The summed E-state index contributed by atoms with van der Waals surface area (Å²) in [6, 6.07) is -0.533. The van der Waals surface area contributed by atoms with Crippen LogP contribution in [0.3, 0.4) is 0 Å². The zero-order valence-electron chi connectivity index (χ0n) is 11.4. The molecule has 0 aromatic carbocycles. The van der Waals surface area contributed by atoms with Gasteiger partial charge in [-0.25, -0.2) is 4.79 Å². The Labute approximate surface area is 117 Å². The lowest BCUT2D eigenvalue weighted by Crippen LogP contribution is -2.47. The van der Waals surface area contributed by atoms with E-state index >= 15 is 0 Å². The van der Waals surface area contributed by atoms with Gasteiger partial charge in [0.25, 0.3) is 0 Å². The van der Waals surface area contributed by atoms with Crippen LogP contribution in [0.4, 0.5) is 4.79 Å². The molecular formula is C13H21N3O4. The zero-order valence-corrected chi connectivity index (χ0v) is 11.4. The van der Waals surface area contributed by atoms with E-state index < -0.39 is 24.5 Å². The molecule has 0 aromatic rings. The average molecular weight is 283 g/mol. The van der Waals surface area contributed by atoms with Gasteiger partial charge in [-0.2, -0.15) is 0 Å². The second-order valence-electron chi connectivity index (χ2n) is 5.84. The van der Waals surface area contributed by atoms with Crippen molar-refractivity contribution in [1.82, 2.24) is 10.2 Å². The second-order valence-corrected chi connectivity index (χ2v) is 5.84. The monoisotopic (exact) mass is 283 g/mol. The first kappa shape index (κ1) is 14.6. The number of carbonyl (C=O) groups is 3. The van der Waals surface area contributed by atoms with Crippen LogP contribution in [0.2, 0.25) is 0 Å². The van der Waals surface area contributed by atoms with E-state index in [4.69, 9.17) is 10.8 Å². The highest BCUT2D eigenvalue weighted by molar-refractivity contribution is 5.85. The highest BCUT2D eigenvalue weighted by Crippen LogP contribution is 2.47. The topological polar surface area (TPSA) is 113 Å². The molecule has 7 heteroatoms. The van der Waals surface area contributed by atoms with E-state index in [-0.39, 0.29) is 6.54 Å². The first-order valence-electron chi connectivity index (χ1n) is 6.98. The Morgan fingerprint density at radius 3 is 2.45 bits per heavy atom. The summed E-state index contributed by atoms with van der Waals surface area (Å²) >= 11 is 0. The van der Waals surface area contributed by atoms with Crippen LogP contribution in [0.1, 0.15) is 25.7 Å². The van der Waals surface area contributed by atoms with Gasteiger partial charge in [-0.05, 0) is 37.0 Å². The van der Waals surface area contributed by atoms with Gasteiger partial charge in [-0.1, -0.05) is 6.42 Å². The van der Waals surface area contributed by atoms with Gasteiger partial charge < -0.3 is 21.1 Å². The first-order valence-corrected chi connectivity index (χ1v) is 6.98. The van der Waals surface area contributed by atoms with E-state index in [1.54, 1.807) is 0 Å². The van der Waals surface area contributed by atoms with Crippen molar-refractivity contribution in [2.24, 2.45) is 23.5 Å². The lowest BCUT2D eigenvalue weighted by molar-refractivity contribution is -0.137. The van der Waals surface area contributed by atoms with E-state index in [2.05, 4.69) is 5.32 Å². The molecule has 0 radical (unpaired) electrons. The van der Waals surface area contributed by atoms with Crippen LogP contribution in [0.25, 0.3) is 0 Å². The molecule has 7 nitrogen and oxygen atoms in total. The third kappa shape index (κ3) is 3.61. The molecule has 20 heavy (non-hydrogen) atoms. The summed E-state index contributed by atoms with van der Waals surface area (Å²) in [5, 5.41) is 11.5. The van der Waals surface area contributed by atoms with Crippen molar-refractivity contribution in [2.75, 3.05) is 19.6 Å². The second kappa shape index (κ2) is 6.11. The number of carbonyl (C=O) groups excluding carboxylic acids is 2. The molecule has 0 spiro atoms. The Balaban J connectivity index is 1.81. The fourth-order valence-electron chi connectivity index (χ4n) is 3.51. The summed E-state index contributed by atoms with van der Waals surface area (Å²) in [6.45, 7) is -0.352. The summed E-state index contributed by atoms with van der Waals surface area (Å²) in [4.78, 5) is 34.4. The summed E-state index contributed by atoms with van der Waals surface area (Å²) in [7, 11) is 0. The van der Waals surface area contributed by atoms with Crippen LogP contribution in [0, 0.1) is 17.8 Å². The molecule has 2 aliphatic carbocycles. The number of hydrogen-bond donors (Lipinski definition) is 3. The molecule has 0 saturated heterocycles. The maximum absolute atomic E-state index is 11.9. The van der Waals surface area contributed by atoms with Gasteiger partial charge in [0.15, 0.2) is 0 Å². The molecule has 112 valence electrons. The molecule has 2 saturated carbocycles. The Morgan fingerprint density at radius 1 is 1.20 bits per heavy atom. The Morgan fingerprint density at radius 2 is 1.95 bits per heavy atom. The largest absolute Gasteiger partial charge is 0.480 e. The van der Waals surface area contributed by atoms with Crippen molar-refractivity contribution in [2.45, 2.75) is 25.7 Å². The summed E-state index contributed by atoms with van der Waals surface area (Å²) in [6.07, 6.45) is 4.91. The molecular weight excluding hydrogens is 262 g/mol. The Bertz CT molecular complexity index is 396. The molecule has 3 amide bonds. The van der Waals surface area contributed by atoms with Crippen LogP contribution in [-0.4, -0.2) is 47.5 Å². The third-order valence-corrected chi connectivity index (χ3v) is 4.36. The molecule has 2 aliphatic rings. The van der Waals surface area contributed by atoms with Crippen LogP contribution < -0.4 is 11.1 Å². The molecule has 0 aromatic heterocycles. The Hall–Kier alpha value is -1.79. The molecule has 0 aliphatic heterocycles. The predicted octanol–water partition coefficient (Wildman–Crippen LogP) is 0.00410. The minimum atomic E-state index is -1.17. The zero-order chi connectivity index (χ0) is 14.7. The maximum Gasteiger partial charge on any atom is 0.323 e. The summed E-state index contributed by atoms with van der Waals surface area (Å²) < 4.78 is 0. The van der Waals surface area contributed by atoms with Crippen molar-refractivity contribution in [1.29, 1.82) is 0 Å². The van der Waals surface area contributed by atoms with Crippen molar-refractivity contribution in [3.63, 3.8) is 0 Å². The standard InChI is InChI=1S/C13H21N3O4/c14-11(17)6-16(7-12(18)19)13(20)15-5-10-4-8-1-2-9(10)3-8/h8-10H,1-7H2,(H2,14,17)(H,15,20)(H,18,19). The summed E-state index contributed by atoms with van der Waals surface area (Å²) in [5.41, 5.74) is 5.02. The van der Waals surface area contributed by atoms with Gasteiger partial charge in [0.2, 0.25) is 5.91 Å². The Kier molecular flexibility index (Phi) is 4.46. The summed E-state index contributed by atoms with van der Waals surface area (Å²) in [5.74, 6) is 0.0765. The van der Waals surface area contributed by atoms with Gasteiger partial charge in [0, 0.05) is 6.54 Å². The number of urea groups is 1. The van der Waals surface area contributed by atoms with E-state index in [1.165, 1.54) is 19.3 Å². The number of hydrogen-bond acceptors (Lipinski definition) is 3. The minimum absolute atomic E-state index is 0.380. The number of aliphatic carboxylic acids is 1. The molecule has 2 rings (SSSR count). The molecule has 2 bridgehead atoms. The van der Waals surface area contributed by atoms with E-state index in [1.807, 2.05) is 0 Å². The number of fused-ring (bicyclic) bond motifs is 2. The van der Waals surface area contributed by atoms with Gasteiger partial charge >= 0.3 is 12.0 Å². The van der Waals surface area contributed by atoms with Crippen molar-refractivity contribution < 1.29 is 19.5 Å².